The lowest BCUT2D eigenvalue weighted by Gasteiger charge is -2.21. The van der Waals surface area contributed by atoms with E-state index in [9.17, 15) is 4.79 Å². The zero-order valence-corrected chi connectivity index (χ0v) is 11.2. The second kappa shape index (κ2) is 6.01. The number of hydrogen-bond donors (Lipinski definition) is 1. The third-order valence-corrected chi connectivity index (χ3v) is 3.21. The molecule has 0 fully saturated rings. The van der Waals surface area contributed by atoms with Crippen LogP contribution in [0.1, 0.15) is 38.7 Å². The van der Waals surface area contributed by atoms with Gasteiger partial charge in [0, 0.05) is 18.8 Å². The normalized spacial score (nSPS) is 11.8. The molecule has 1 rings (SSSR count). The Balaban J connectivity index is 2.39. The maximum atomic E-state index is 11.6. The molecule has 1 aromatic heterocycles. The van der Waals surface area contributed by atoms with Gasteiger partial charge in [-0.25, -0.2) is 0 Å². The second-order valence-corrected chi connectivity index (χ2v) is 5.56. The van der Waals surface area contributed by atoms with Crippen molar-refractivity contribution in [2.45, 2.75) is 46.6 Å². The highest BCUT2D eigenvalue weighted by Crippen LogP contribution is 2.21. The maximum Gasteiger partial charge on any atom is 0.250 e. The molecule has 0 amide bonds. The van der Waals surface area contributed by atoms with E-state index >= 15 is 0 Å². The molecule has 0 aliphatic rings. The maximum absolute atomic E-state index is 11.6. The van der Waals surface area contributed by atoms with Gasteiger partial charge in [0.05, 0.1) is 0 Å². The molecule has 0 unspecified atom stereocenters. The van der Waals surface area contributed by atoms with Crippen LogP contribution >= 0.6 is 0 Å². The number of hydrogen-bond acceptors (Lipinski definition) is 2. The van der Waals surface area contributed by atoms with E-state index < -0.39 is 0 Å². The topological polar surface area (TPSA) is 48.0 Å². The quantitative estimate of drug-likeness (QED) is 0.770. The van der Waals surface area contributed by atoms with Crippen molar-refractivity contribution in [2.24, 2.45) is 11.1 Å². The first-order chi connectivity index (χ1) is 7.94. The molecule has 1 aromatic rings. The molecular weight excluding hydrogens is 212 g/mol. The Hall–Kier alpha value is -1.09. The predicted octanol–water partition coefficient (Wildman–Crippen LogP) is 2.31. The molecule has 0 saturated carbocycles. The molecule has 0 aliphatic carbocycles. The molecule has 3 nitrogen and oxygen atoms in total. The lowest BCUT2D eigenvalue weighted by atomic mass is 9.87. The predicted molar refractivity (Wildman–Crippen MR) is 72.1 cm³/mol. The van der Waals surface area contributed by atoms with Crippen LogP contribution < -0.4 is 11.3 Å². The van der Waals surface area contributed by atoms with Crippen molar-refractivity contribution in [3.63, 3.8) is 0 Å². The van der Waals surface area contributed by atoms with E-state index in [2.05, 4.69) is 13.8 Å². The molecule has 96 valence electrons. The molecule has 0 atom stereocenters. The number of rotatable bonds is 6. The molecule has 1 heterocycles. The van der Waals surface area contributed by atoms with Gasteiger partial charge in [-0.1, -0.05) is 20.3 Å². The summed E-state index contributed by atoms with van der Waals surface area (Å²) in [6, 6.07) is 3.66. The van der Waals surface area contributed by atoms with E-state index in [0.717, 1.165) is 37.9 Å². The van der Waals surface area contributed by atoms with Gasteiger partial charge in [0.15, 0.2) is 0 Å². The monoisotopic (exact) mass is 236 g/mol. The minimum absolute atomic E-state index is 0.100. The van der Waals surface area contributed by atoms with Gasteiger partial charge in [-0.3, -0.25) is 4.79 Å². The van der Waals surface area contributed by atoms with Crippen molar-refractivity contribution in [3.8, 4) is 0 Å². The zero-order valence-electron chi connectivity index (χ0n) is 11.2. The molecule has 0 spiro atoms. The van der Waals surface area contributed by atoms with Gasteiger partial charge in [0.25, 0.3) is 5.56 Å². The van der Waals surface area contributed by atoms with Gasteiger partial charge in [0.2, 0.25) is 0 Å². The number of aryl methyl sites for hydroxylation is 2. The van der Waals surface area contributed by atoms with Crippen LogP contribution in [0, 0.1) is 12.3 Å². The Labute approximate surface area is 104 Å². The van der Waals surface area contributed by atoms with Gasteiger partial charge in [-0.2, -0.15) is 0 Å². The summed E-state index contributed by atoms with van der Waals surface area (Å²) < 4.78 is 1.78. The zero-order chi connectivity index (χ0) is 12.9. The Morgan fingerprint density at radius 2 is 2.06 bits per heavy atom. The average molecular weight is 236 g/mol. The Kier molecular flexibility index (Phi) is 4.94. The SMILES string of the molecule is Cc1ccn(CCCCC(C)(C)CN)c(=O)c1. The number of aromatic nitrogens is 1. The summed E-state index contributed by atoms with van der Waals surface area (Å²) in [5, 5.41) is 0. The van der Waals surface area contributed by atoms with Crippen LogP contribution in [0.25, 0.3) is 0 Å². The van der Waals surface area contributed by atoms with Crippen LogP contribution in [-0.2, 0) is 6.54 Å². The van der Waals surface area contributed by atoms with Gasteiger partial charge in [0.1, 0.15) is 0 Å². The summed E-state index contributed by atoms with van der Waals surface area (Å²) >= 11 is 0. The van der Waals surface area contributed by atoms with Gasteiger partial charge < -0.3 is 10.3 Å². The molecular formula is C14H24N2O. The first-order valence-electron chi connectivity index (χ1n) is 6.32. The number of unbranched alkanes of at least 4 members (excludes halogenated alkanes) is 1. The average Bonchev–Trinajstić information content (AvgIpc) is 2.27. The van der Waals surface area contributed by atoms with E-state index in [1.807, 2.05) is 19.2 Å². The minimum atomic E-state index is 0.100. The Morgan fingerprint density at radius 1 is 1.35 bits per heavy atom. The Morgan fingerprint density at radius 3 is 2.65 bits per heavy atom. The first-order valence-corrected chi connectivity index (χ1v) is 6.32. The van der Waals surface area contributed by atoms with E-state index in [1.165, 1.54) is 0 Å². The first kappa shape index (κ1) is 14.0. The van der Waals surface area contributed by atoms with Crippen LogP contribution in [-0.4, -0.2) is 11.1 Å². The van der Waals surface area contributed by atoms with E-state index in [-0.39, 0.29) is 11.0 Å². The third-order valence-electron chi connectivity index (χ3n) is 3.21. The van der Waals surface area contributed by atoms with Crippen molar-refractivity contribution in [3.05, 3.63) is 34.2 Å². The largest absolute Gasteiger partial charge is 0.330 e. The number of nitrogens with zero attached hydrogens (tertiary/aromatic N) is 1. The van der Waals surface area contributed by atoms with Crippen molar-refractivity contribution in [1.29, 1.82) is 0 Å². The van der Waals surface area contributed by atoms with Crippen LogP contribution in [0.3, 0.4) is 0 Å². The standard InChI is InChI=1S/C14H24N2O/c1-12-6-9-16(13(17)10-12)8-5-4-7-14(2,3)11-15/h6,9-10H,4-5,7-8,11,15H2,1-3H3. The highest BCUT2D eigenvalue weighted by Gasteiger charge is 2.14. The molecule has 0 aliphatic heterocycles. The van der Waals surface area contributed by atoms with Crippen molar-refractivity contribution in [2.75, 3.05) is 6.54 Å². The summed E-state index contributed by atoms with van der Waals surface area (Å²) in [5.41, 5.74) is 7.03. The van der Waals surface area contributed by atoms with Crippen LogP contribution in [0.5, 0.6) is 0 Å². The molecule has 0 saturated heterocycles. The molecule has 17 heavy (non-hydrogen) atoms. The molecule has 0 bridgehead atoms. The second-order valence-electron chi connectivity index (χ2n) is 5.56. The van der Waals surface area contributed by atoms with E-state index in [0.29, 0.717) is 0 Å². The summed E-state index contributed by atoms with van der Waals surface area (Å²) in [5.74, 6) is 0. The number of pyridine rings is 1. The molecule has 2 N–H and O–H groups in total. The fraction of sp³-hybridized carbons (Fsp3) is 0.643. The van der Waals surface area contributed by atoms with Gasteiger partial charge in [-0.15, -0.1) is 0 Å². The highest BCUT2D eigenvalue weighted by molar-refractivity contribution is 5.07. The molecule has 0 aromatic carbocycles. The third kappa shape index (κ3) is 4.73. The van der Waals surface area contributed by atoms with Crippen LogP contribution in [0.2, 0.25) is 0 Å². The molecule has 0 radical (unpaired) electrons. The van der Waals surface area contributed by atoms with E-state index in [1.54, 1.807) is 10.6 Å². The summed E-state index contributed by atoms with van der Waals surface area (Å²) in [7, 11) is 0. The number of nitrogens with two attached hydrogens (primary N) is 1. The highest BCUT2D eigenvalue weighted by atomic mass is 16.1. The lowest BCUT2D eigenvalue weighted by molar-refractivity contribution is 0.328. The van der Waals surface area contributed by atoms with E-state index in [4.69, 9.17) is 5.73 Å². The van der Waals surface area contributed by atoms with Crippen LogP contribution in [0.4, 0.5) is 0 Å². The lowest BCUT2D eigenvalue weighted by Crippen LogP contribution is -2.23. The fourth-order valence-electron chi connectivity index (χ4n) is 1.78. The van der Waals surface area contributed by atoms with Crippen molar-refractivity contribution < 1.29 is 0 Å². The minimum Gasteiger partial charge on any atom is -0.330 e. The molecule has 3 heteroatoms. The van der Waals surface area contributed by atoms with Gasteiger partial charge in [-0.05, 0) is 43.4 Å². The summed E-state index contributed by atoms with van der Waals surface area (Å²) in [6.07, 6.45) is 5.15. The Bertz CT molecular complexity index is 407. The smallest absolute Gasteiger partial charge is 0.250 e. The van der Waals surface area contributed by atoms with Crippen molar-refractivity contribution in [1.82, 2.24) is 4.57 Å². The van der Waals surface area contributed by atoms with Gasteiger partial charge >= 0.3 is 0 Å². The summed E-state index contributed by atoms with van der Waals surface area (Å²) in [6.45, 7) is 7.84. The van der Waals surface area contributed by atoms with Crippen molar-refractivity contribution >= 4 is 0 Å². The fourth-order valence-corrected chi connectivity index (χ4v) is 1.78. The van der Waals surface area contributed by atoms with Crippen LogP contribution in [0.15, 0.2) is 23.1 Å². The summed E-state index contributed by atoms with van der Waals surface area (Å²) in [4.78, 5) is 11.6.